The molecule has 0 aromatic rings. The Morgan fingerprint density at radius 2 is 0.365 bits per heavy atom. The van der Waals surface area contributed by atoms with Crippen molar-refractivity contribution in [1.29, 1.82) is 0 Å². The van der Waals surface area contributed by atoms with Gasteiger partial charge in [-0.05, 0) is 19.3 Å². The van der Waals surface area contributed by atoms with Crippen LogP contribution in [0.15, 0.2) is 0 Å². The third kappa shape index (κ3) is 61.3. The average Bonchev–Trinajstić information content (AvgIpc) is 3.40. The van der Waals surface area contributed by atoms with Crippen molar-refractivity contribution in [2.75, 3.05) is 13.2 Å². The molecule has 0 aliphatic carbocycles. The van der Waals surface area contributed by atoms with Crippen molar-refractivity contribution in [3.05, 3.63) is 0 Å². The molecule has 0 aromatic heterocycles. The summed E-state index contributed by atoms with van der Waals surface area (Å²) in [5, 5.41) is 0. The van der Waals surface area contributed by atoms with E-state index in [1.165, 1.54) is 302 Å². The summed E-state index contributed by atoms with van der Waals surface area (Å²) in [6.45, 7) is 6.72. The lowest BCUT2D eigenvalue weighted by atomic mass is 10.0. The van der Waals surface area contributed by atoms with Crippen LogP contribution >= 0.6 is 0 Å². The van der Waals surface area contributed by atoms with Crippen LogP contribution in [0.2, 0.25) is 0 Å². The summed E-state index contributed by atoms with van der Waals surface area (Å²) in [5.41, 5.74) is 0. The third-order valence-corrected chi connectivity index (χ3v) is 15.9. The van der Waals surface area contributed by atoms with E-state index in [9.17, 15) is 14.4 Å². The Bertz CT molecular complexity index is 1110. The summed E-state index contributed by atoms with van der Waals surface area (Å²) in [5.74, 6) is -0.827. The molecule has 0 aliphatic rings. The lowest BCUT2D eigenvalue weighted by Gasteiger charge is -2.18. The minimum Gasteiger partial charge on any atom is -0.462 e. The number of rotatable bonds is 64. The fourth-order valence-corrected chi connectivity index (χ4v) is 10.7. The number of hydrogen-bond acceptors (Lipinski definition) is 6. The first-order valence-electron chi connectivity index (χ1n) is 34.0. The maximum Gasteiger partial charge on any atom is 0.306 e. The quantitative estimate of drug-likeness (QED) is 0.0343. The summed E-state index contributed by atoms with van der Waals surface area (Å²) in [7, 11) is 0. The van der Waals surface area contributed by atoms with Crippen LogP contribution in [0.5, 0.6) is 0 Å². The van der Waals surface area contributed by atoms with Crippen molar-refractivity contribution in [2.24, 2.45) is 0 Å². The molecule has 0 saturated heterocycles. The molecule has 0 heterocycles. The molecule has 0 amide bonds. The van der Waals surface area contributed by atoms with Gasteiger partial charge in [-0.25, -0.2) is 0 Å². The molecule has 0 aliphatic heterocycles. The smallest absolute Gasteiger partial charge is 0.306 e. The van der Waals surface area contributed by atoms with Crippen LogP contribution in [0.4, 0.5) is 0 Å². The fraction of sp³-hybridized carbons (Fsp3) is 0.956. The zero-order chi connectivity index (χ0) is 53.6. The van der Waals surface area contributed by atoms with Crippen LogP contribution in [-0.2, 0) is 28.6 Å². The molecule has 74 heavy (non-hydrogen) atoms. The van der Waals surface area contributed by atoms with Crippen molar-refractivity contribution in [2.45, 2.75) is 406 Å². The van der Waals surface area contributed by atoms with E-state index in [1.807, 2.05) is 0 Å². The number of hydrogen-bond donors (Lipinski definition) is 0. The number of esters is 3. The van der Waals surface area contributed by atoms with E-state index in [4.69, 9.17) is 14.2 Å². The molecule has 6 nitrogen and oxygen atoms in total. The van der Waals surface area contributed by atoms with Crippen molar-refractivity contribution >= 4 is 17.9 Å². The SMILES string of the molecule is CCCCCCCCCCCCCCCCCCCCCCCCCCCCCCCCC(=O)OCC(COC(=O)CCCCCCCCCCCCCC)OC(=O)CCCCCCCCCCCCCCCC. The highest BCUT2D eigenvalue weighted by molar-refractivity contribution is 5.71. The van der Waals surface area contributed by atoms with Crippen LogP contribution < -0.4 is 0 Å². The number of ether oxygens (including phenoxy) is 3. The van der Waals surface area contributed by atoms with Gasteiger partial charge in [-0.1, -0.05) is 361 Å². The molecule has 0 radical (unpaired) electrons. The molecule has 0 saturated carbocycles. The first-order chi connectivity index (χ1) is 36.5. The van der Waals surface area contributed by atoms with Gasteiger partial charge in [0.25, 0.3) is 0 Å². The summed E-state index contributed by atoms with van der Waals surface area (Å²) in [6, 6.07) is 0. The van der Waals surface area contributed by atoms with Crippen molar-refractivity contribution < 1.29 is 28.6 Å². The maximum atomic E-state index is 12.9. The number of unbranched alkanes of at least 4 members (excludes halogenated alkanes) is 53. The molecule has 1 atom stereocenters. The van der Waals surface area contributed by atoms with Gasteiger partial charge >= 0.3 is 17.9 Å². The third-order valence-electron chi connectivity index (χ3n) is 15.9. The minimum absolute atomic E-state index is 0.0607. The molecule has 440 valence electrons. The Balaban J connectivity index is 4.05. The van der Waals surface area contributed by atoms with Crippen LogP contribution in [0, 0.1) is 0 Å². The second-order valence-electron chi connectivity index (χ2n) is 23.5. The topological polar surface area (TPSA) is 78.9 Å². The number of carbonyl (C=O) groups excluding carboxylic acids is 3. The van der Waals surface area contributed by atoms with Gasteiger partial charge in [0.1, 0.15) is 13.2 Å². The van der Waals surface area contributed by atoms with E-state index in [1.54, 1.807) is 0 Å². The molecule has 0 N–H and O–H groups in total. The Kier molecular flexibility index (Phi) is 62.6. The second kappa shape index (κ2) is 63.9. The molecule has 6 heteroatoms. The highest BCUT2D eigenvalue weighted by atomic mass is 16.6. The maximum absolute atomic E-state index is 12.9. The summed E-state index contributed by atoms with van der Waals surface area (Å²) in [4.78, 5) is 38.2. The Hall–Kier alpha value is -1.59. The van der Waals surface area contributed by atoms with E-state index in [0.29, 0.717) is 19.3 Å². The van der Waals surface area contributed by atoms with Crippen LogP contribution in [0.25, 0.3) is 0 Å². The minimum atomic E-state index is -0.762. The zero-order valence-corrected chi connectivity index (χ0v) is 50.7. The summed E-state index contributed by atoms with van der Waals surface area (Å²) < 4.78 is 16.9. The molecule has 0 spiro atoms. The Morgan fingerprint density at radius 1 is 0.216 bits per heavy atom. The van der Waals surface area contributed by atoms with Gasteiger partial charge in [-0.15, -0.1) is 0 Å². The first kappa shape index (κ1) is 72.4. The largest absolute Gasteiger partial charge is 0.462 e. The van der Waals surface area contributed by atoms with Crippen molar-refractivity contribution in [3.63, 3.8) is 0 Å². The predicted molar refractivity (Wildman–Crippen MR) is 321 cm³/mol. The lowest BCUT2D eigenvalue weighted by Crippen LogP contribution is -2.30. The van der Waals surface area contributed by atoms with Gasteiger partial charge in [-0.2, -0.15) is 0 Å². The van der Waals surface area contributed by atoms with Crippen LogP contribution in [0.1, 0.15) is 400 Å². The van der Waals surface area contributed by atoms with Gasteiger partial charge in [0.15, 0.2) is 6.10 Å². The van der Waals surface area contributed by atoms with Gasteiger partial charge < -0.3 is 14.2 Å². The molecule has 0 fully saturated rings. The molecule has 0 aromatic carbocycles. The highest BCUT2D eigenvalue weighted by Gasteiger charge is 2.19. The van der Waals surface area contributed by atoms with Gasteiger partial charge in [0.2, 0.25) is 0 Å². The lowest BCUT2D eigenvalue weighted by molar-refractivity contribution is -0.167. The van der Waals surface area contributed by atoms with E-state index < -0.39 is 6.10 Å². The molecule has 1 unspecified atom stereocenters. The average molecular weight is 1050 g/mol. The van der Waals surface area contributed by atoms with Crippen molar-refractivity contribution in [1.82, 2.24) is 0 Å². The van der Waals surface area contributed by atoms with E-state index in [-0.39, 0.29) is 31.1 Å². The van der Waals surface area contributed by atoms with Crippen LogP contribution in [-0.4, -0.2) is 37.2 Å². The molecule has 0 bridgehead atoms. The zero-order valence-electron chi connectivity index (χ0n) is 50.7. The fourth-order valence-electron chi connectivity index (χ4n) is 10.7. The van der Waals surface area contributed by atoms with E-state index in [2.05, 4.69) is 20.8 Å². The highest BCUT2D eigenvalue weighted by Crippen LogP contribution is 2.19. The Morgan fingerprint density at radius 3 is 0.541 bits per heavy atom. The summed E-state index contributed by atoms with van der Waals surface area (Å²) in [6.07, 6.45) is 74.3. The van der Waals surface area contributed by atoms with Gasteiger partial charge in [0, 0.05) is 19.3 Å². The van der Waals surface area contributed by atoms with E-state index >= 15 is 0 Å². The van der Waals surface area contributed by atoms with Gasteiger partial charge in [-0.3, -0.25) is 14.4 Å². The normalized spacial score (nSPS) is 11.9. The van der Waals surface area contributed by atoms with E-state index in [0.717, 1.165) is 57.8 Å². The monoisotopic (exact) mass is 1050 g/mol. The molecule has 0 rings (SSSR count). The van der Waals surface area contributed by atoms with Crippen LogP contribution in [0.3, 0.4) is 0 Å². The second-order valence-corrected chi connectivity index (χ2v) is 23.5. The van der Waals surface area contributed by atoms with Gasteiger partial charge in [0.05, 0.1) is 0 Å². The van der Waals surface area contributed by atoms with Crippen molar-refractivity contribution in [3.8, 4) is 0 Å². The predicted octanol–water partition coefficient (Wildman–Crippen LogP) is 23.1. The molecular formula is C68H132O6. The summed E-state index contributed by atoms with van der Waals surface area (Å²) >= 11 is 0. The first-order valence-corrected chi connectivity index (χ1v) is 34.0. The molecular weight excluding hydrogens is 913 g/mol. The standard InChI is InChI=1S/C68H132O6/c1-4-7-10-13-16-19-22-25-27-28-29-30-31-32-33-34-35-36-37-38-39-40-41-42-44-46-49-52-55-58-61-67(70)73-64-65(63-72-66(69)60-57-54-51-48-45-24-21-18-15-12-9-6-3)74-68(71)62-59-56-53-50-47-43-26-23-20-17-14-11-8-5-2/h65H,4-64H2,1-3H3. The number of carbonyl (C=O) groups is 3. The Labute approximate surface area is 463 Å².